The quantitative estimate of drug-likeness (QED) is 0.0808. The molecule has 4 aromatic heterocycles. The van der Waals surface area contributed by atoms with Crippen LogP contribution in [0.15, 0.2) is 60.9 Å². The Balaban J connectivity index is 0.000000155. The van der Waals surface area contributed by atoms with E-state index >= 15 is 0 Å². The molecule has 0 aliphatic heterocycles. The van der Waals surface area contributed by atoms with Gasteiger partial charge in [0.15, 0.2) is 11.3 Å². The van der Waals surface area contributed by atoms with Crippen LogP contribution in [0.25, 0.3) is 11.3 Å². The highest BCUT2D eigenvalue weighted by Gasteiger charge is 2.24. The SMILES string of the molecule is CS(=O)Cc1cc(N)ccc1Cl.CS(=O)Cc1cc(Nc2cc(NC3CC3)n3ncc(C#N)c3n2)ccc1Cl.N#Cc1cnn2c(NC3CC3)cc(Cl)nc12. The number of nitrogens with two attached hydrogens (primary N) is 1. The molecule has 2 aromatic carbocycles. The predicted molar refractivity (Wildman–Crippen MR) is 220 cm³/mol. The Labute approximate surface area is 336 Å². The maximum Gasteiger partial charge on any atom is 0.177 e. The summed E-state index contributed by atoms with van der Waals surface area (Å²) in [6.07, 6.45) is 10.9. The van der Waals surface area contributed by atoms with E-state index in [0.717, 1.165) is 54.1 Å². The molecule has 0 spiro atoms. The Kier molecular flexibility index (Phi) is 12.8. The Hall–Kier alpha value is -4.97. The van der Waals surface area contributed by atoms with Crippen LogP contribution >= 0.6 is 34.8 Å². The predicted octanol–water partition coefficient (Wildman–Crippen LogP) is 7.08. The number of nitrogens with one attached hydrogen (secondary N) is 3. The summed E-state index contributed by atoms with van der Waals surface area (Å²) >= 11 is 18.0. The first-order valence-corrected chi connectivity index (χ1v) is 21.4. The van der Waals surface area contributed by atoms with Crippen LogP contribution in [-0.4, -0.2) is 62.2 Å². The molecular weight excluding hydrogens is 803 g/mol. The van der Waals surface area contributed by atoms with Crippen molar-refractivity contribution >= 4 is 96.5 Å². The van der Waals surface area contributed by atoms with Gasteiger partial charge in [-0.1, -0.05) is 34.8 Å². The summed E-state index contributed by atoms with van der Waals surface area (Å²) in [5, 5.41) is 38.1. The van der Waals surface area contributed by atoms with Gasteiger partial charge in [0.2, 0.25) is 0 Å². The van der Waals surface area contributed by atoms with Crippen LogP contribution < -0.4 is 21.7 Å². The summed E-state index contributed by atoms with van der Waals surface area (Å²) in [5.74, 6) is 3.02. The minimum absolute atomic E-state index is 0.368. The number of halogens is 3. The van der Waals surface area contributed by atoms with E-state index in [1.165, 1.54) is 12.4 Å². The standard InChI is InChI=1S/C18H17ClN6OS.C10H8ClN5.C8H10ClNOS/c1-27(26)10-11-6-14(4-5-15(11)19)22-16-7-17(23-13-2-3-13)25-18(24-16)12(8-20)9-21-25;11-8-3-9(14-7-1-2-7)16-10(15-8)6(4-12)5-13-16;1-12(11)5-6-4-7(10)2-3-8(6)9/h4-7,9,13,23H,2-3,10H2,1H3,(H,22,24);3,5,7,14H,1-2H2;2-4H,5,10H2,1H3. The van der Waals surface area contributed by atoms with Crippen molar-refractivity contribution in [1.29, 1.82) is 10.5 Å². The Morgan fingerprint density at radius 2 is 1.27 bits per heavy atom. The van der Waals surface area contributed by atoms with Crippen LogP contribution in [0, 0.1) is 22.7 Å². The van der Waals surface area contributed by atoms with E-state index in [1.54, 1.807) is 51.9 Å². The summed E-state index contributed by atoms with van der Waals surface area (Å²) in [6, 6.07) is 19.4. The highest BCUT2D eigenvalue weighted by Crippen LogP contribution is 2.30. The normalized spacial score (nSPS) is 14.4. The lowest BCUT2D eigenvalue weighted by Gasteiger charge is -2.12. The second-order valence-electron chi connectivity index (χ2n) is 12.9. The monoisotopic (exact) mass is 836 g/mol. The van der Waals surface area contributed by atoms with Gasteiger partial charge in [0.05, 0.1) is 12.4 Å². The molecule has 0 amide bonds. The molecule has 2 saturated carbocycles. The van der Waals surface area contributed by atoms with Crippen LogP contribution in [0.3, 0.4) is 0 Å². The van der Waals surface area contributed by atoms with Gasteiger partial charge < -0.3 is 21.7 Å². The molecule has 19 heteroatoms. The lowest BCUT2D eigenvalue weighted by molar-refractivity contribution is 0.685. The van der Waals surface area contributed by atoms with E-state index in [4.69, 9.17) is 45.8 Å². The van der Waals surface area contributed by atoms with Crippen molar-refractivity contribution in [2.75, 3.05) is 34.2 Å². The lowest BCUT2D eigenvalue weighted by Crippen LogP contribution is -2.09. The lowest BCUT2D eigenvalue weighted by atomic mass is 10.2. The van der Waals surface area contributed by atoms with Crippen molar-refractivity contribution in [2.24, 2.45) is 0 Å². The smallest absolute Gasteiger partial charge is 0.177 e. The topological polar surface area (TPSA) is 204 Å². The van der Waals surface area contributed by atoms with Crippen molar-refractivity contribution in [3.63, 3.8) is 0 Å². The number of benzene rings is 2. The van der Waals surface area contributed by atoms with Gasteiger partial charge >= 0.3 is 0 Å². The van der Waals surface area contributed by atoms with Crippen LogP contribution in [0.5, 0.6) is 0 Å². The molecule has 14 nitrogen and oxygen atoms in total. The first-order chi connectivity index (χ1) is 26.4. The average Bonchev–Trinajstić information content (AvgIpc) is 4.06. The first-order valence-electron chi connectivity index (χ1n) is 16.9. The van der Waals surface area contributed by atoms with Gasteiger partial charge in [0, 0.05) is 91.3 Å². The van der Waals surface area contributed by atoms with Gasteiger partial charge in [-0.05, 0) is 73.2 Å². The van der Waals surface area contributed by atoms with E-state index in [1.807, 2.05) is 24.3 Å². The summed E-state index contributed by atoms with van der Waals surface area (Å²) in [7, 11) is -1.86. The highest BCUT2D eigenvalue weighted by atomic mass is 35.5. The number of hydrogen-bond acceptors (Lipinski definition) is 12. The van der Waals surface area contributed by atoms with Crippen LogP contribution in [0.4, 0.5) is 28.8 Å². The highest BCUT2D eigenvalue weighted by molar-refractivity contribution is 7.83. The fourth-order valence-electron chi connectivity index (χ4n) is 5.25. The van der Waals surface area contributed by atoms with Gasteiger partial charge in [0.1, 0.15) is 45.9 Å². The second kappa shape index (κ2) is 17.7. The fraction of sp³-hybridized carbons (Fsp3) is 0.278. The molecule has 55 heavy (non-hydrogen) atoms. The van der Waals surface area contributed by atoms with Crippen molar-refractivity contribution < 1.29 is 8.42 Å². The summed E-state index contributed by atoms with van der Waals surface area (Å²) < 4.78 is 25.7. The van der Waals surface area contributed by atoms with Gasteiger partial charge in [-0.15, -0.1) is 0 Å². The molecular formula is C36H35Cl3N12O2S2. The minimum atomic E-state index is -0.988. The third kappa shape index (κ3) is 10.6. The summed E-state index contributed by atoms with van der Waals surface area (Å²) in [6.45, 7) is 0. The van der Waals surface area contributed by atoms with Crippen molar-refractivity contribution in [3.8, 4) is 12.1 Å². The molecule has 2 unspecified atom stereocenters. The zero-order chi connectivity index (χ0) is 39.2. The molecule has 8 rings (SSSR count). The molecule has 2 aliphatic rings. The van der Waals surface area contributed by atoms with Crippen LogP contribution in [0.1, 0.15) is 47.9 Å². The van der Waals surface area contributed by atoms with E-state index in [0.29, 0.717) is 72.7 Å². The summed E-state index contributed by atoms with van der Waals surface area (Å²) in [5.41, 5.74) is 10.5. The molecule has 0 radical (unpaired) electrons. The van der Waals surface area contributed by atoms with E-state index in [9.17, 15) is 13.7 Å². The maximum absolute atomic E-state index is 11.5. The van der Waals surface area contributed by atoms with Crippen molar-refractivity contribution in [1.82, 2.24) is 29.2 Å². The van der Waals surface area contributed by atoms with Crippen molar-refractivity contribution in [2.45, 2.75) is 49.3 Å². The fourth-order valence-corrected chi connectivity index (χ4v) is 7.32. The Morgan fingerprint density at radius 3 is 1.80 bits per heavy atom. The number of nitrogen functional groups attached to an aromatic ring is 1. The number of fused-ring (bicyclic) bond motifs is 2. The summed E-state index contributed by atoms with van der Waals surface area (Å²) in [4.78, 5) is 8.63. The first kappa shape index (κ1) is 39.7. The zero-order valence-electron chi connectivity index (χ0n) is 29.6. The van der Waals surface area contributed by atoms with Gasteiger partial charge in [-0.2, -0.15) is 29.8 Å². The third-order valence-electron chi connectivity index (χ3n) is 8.12. The number of nitrogens with zero attached hydrogens (tertiary/aromatic N) is 8. The van der Waals surface area contributed by atoms with Gasteiger partial charge in [0.25, 0.3) is 0 Å². The molecule has 2 aliphatic carbocycles. The molecule has 0 saturated heterocycles. The largest absolute Gasteiger partial charge is 0.399 e. The zero-order valence-corrected chi connectivity index (χ0v) is 33.5. The number of nitriles is 2. The van der Waals surface area contributed by atoms with E-state index in [2.05, 4.69) is 42.2 Å². The maximum atomic E-state index is 11.5. The number of rotatable bonds is 10. The molecule has 2 fully saturated rings. The molecule has 5 N–H and O–H groups in total. The van der Waals surface area contributed by atoms with E-state index in [-0.39, 0.29) is 0 Å². The second-order valence-corrected chi connectivity index (χ2v) is 16.9. The number of anilines is 5. The van der Waals surface area contributed by atoms with Crippen LogP contribution in [-0.2, 0) is 33.1 Å². The third-order valence-corrected chi connectivity index (χ3v) is 10.5. The Morgan fingerprint density at radius 1 is 0.764 bits per heavy atom. The number of hydrogen-bond donors (Lipinski definition) is 4. The van der Waals surface area contributed by atoms with E-state index < -0.39 is 21.6 Å². The average molecular weight is 838 g/mol. The van der Waals surface area contributed by atoms with Gasteiger partial charge in [-0.3, -0.25) is 8.42 Å². The van der Waals surface area contributed by atoms with Gasteiger partial charge in [-0.25, -0.2) is 9.97 Å². The molecule has 6 aromatic rings. The molecule has 4 heterocycles. The minimum Gasteiger partial charge on any atom is -0.399 e. The molecule has 2 atom stereocenters. The van der Waals surface area contributed by atoms with Crippen molar-refractivity contribution in [3.05, 3.63) is 98.4 Å². The number of aromatic nitrogens is 6. The Bertz CT molecular complexity index is 2500. The molecule has 284 valence electrons. The van der Waals surface area contributed by atoms with Crippen LogP contribution in [0.2, 0.25) is 15.2 Å². The molecule has 0 bridgehead atoms.